The lowest BCUT2D eigenvalue weighted by Gasteiger charge is -2.41. The molecular formula is C68H52N2Si2. The van der Waals surface area contributed by atoms with Gasteiger partial charge >= 0.3 is 0 Å². The van der Waals surface area contributed by atoms with Crippen LogP contribution < -0.4 is 30.5 Å². The fraction of sp³-hybridized carbons (Fsp3) is 0.0588. The Hall–Kier alpha value is -8.29. The van der Waals surface area contributed by atoms with Crippen LogP contribution in [0.3, 0.4) is 0 Å². The zero-order chi connectivity index (χ0) is 48.3. The molecular weight excluding hydrogens is 901 g/mol. The lowest BCUT2D eigenvalue weighted by Crippen LogP contribution is -2.58. The van der Waals surface area contributed by atoms with E-state index in [1.165, 1.54) is 120 Å². The molecule has 0 saturated carbocycles. The molecule has 14 rings (SSSR count). The third-order valence-corrected chi connectivity index (χ3v) is 23.3. The van der Waals surface area contributed by atoms with Crippen LogP contribution in [-0.2, 0) is 0 Å². The van der Waals surface area contributed by atoms with Gasteiger partial charge in [0.15, 0.2) is 0 Å². The monoisotopic (exact) mass is 952 g/mol. The van der Waals surface area contributed by atoms with Crippen LogP contribution >= 0.6 is 0 Å². The second kappa shape index (κ2) is 16.1. The predicted octanol–water partition coefficient (Wildman–Crippen LogP) is 16.5. The maximum Gasteiger partial charge on any atom is 0.117 e. The maximum atomic E-state index is 2.54. The molecule has 2 nitrogen and oxygen atoms in total. The van der Waals surface area contributed by atoms with Crippen molar-refractivity contribution in [3.63, 3.8) is 0 Å². The average Bonchev–Trinajstić information content (AvgIpc) is 3.42. The summed E-state index contributed by atoms with van der Waals surface area (Å²) in [5.74, 6) is 0. The zero-order valence-electron chi connectivity index (χ0n) is 41.0. The minimum absolute atomic E-state index is 1.16. The molecule has 4 heteroatoms. The number of fused-ring (bicyclic) bond motifs is 8. The summed E-state index contributed by atoms with van der Waals surface area (Å²) in [5, 5.41) is 15.7. The quantitative estimate of drug-likeness (QED) is 0.125. The Morgan fingerprint density at radius 3 is 1.15 bits per heavy atom. The molecule has 0 atom stereocenters. The van der Waals surface area contributed by atoms with Crippen molar-refractivity contribution in [1.29, 1.82) is 0 Å². The molecule has 0 N–H and O–H groups in total. The lowest BCUT2D eigenvalue weighted by atomic mass is 9.83. The molecule has 342 valence electrons. The van der Waals surface area contributed by atoms with E-state index < -0.39 is 16.1 Å². The molecule has 12 aromatic rings. The Balaban J connectivity index is 1.11. The molecule has 0 unspecified atom stereocenters. The van der Waals surface area contributed by atoms with Crippen molar-refractivity contribution in [3.8, 4) is 33.4 Å². The van der Waals surface area contributed by atoms with E-state index in [0.29, 0.717) is 0 Å². The summed E-state index contributed by atoms with van der Waals surface area (Å²) in [7, 11) is -4.02. The van der Waals surface area contributed by atoms with Gasteiger partial charge in [-0.15, -0.1) is 0 Å². The van der Waals surface area contributed by atoms with Gasteiger partial charge in [0.25, 0.3) is 0 Å². The largest absolute Gasteiger partial charge is 0.311 e. The highest BCUT2D eigenvalue weighted by Gasteiger charge is 2.40. The van der Waals surface area contributed by atoms with Crippen molar-refractivity contribution in [2.45, 2.75) is 26.2 Å². The van der Waals surface area contributed by atoms with Crippen LogP contribution in [0.1, 0.15) is 0 Å². The molecule has 0 bridgehead atoms. The van der Waals surface area contributed by atoms with Gasteiger partial charge in [0, 0.05) is 34.1 Å². The molecule has 0 saturated heterocycles. The topological polar surface area (TPSA) is 6.48 Å². The van der Waals surface area contributed by atoms with Crippen LogP contribution in [0.4, 0.5) is 34.1 Å². The van der Waals surface area contributed by atoms with E-state index in [1.807, 2.05) is 0 Å². The van der Waals surface area contributed by atoms with Crippen LogP contribution in [0.25, 0.3) is 76.5 Å². The SMILES string of the molecule is C[Si]1(C)c2ccccc2N(c2ccc3c(-c4cccc5ccccc45)c4cc(N5c6ccccc6[Si](C)(C)c6ccccc65)ccc4c(-c4cccc(-c5cccc6ccccc56)c4)c3c2)c2ccccc21. The number of hydrogen-bond donors (Lipinski definition) is 0. The van der Waals surface area contributed by atoms with Crippen molar-refractivity contribution < 1.29 is 0 Å². The molecule has 0 aromatic heterocycles. The van der Waals surface area contributed by atoms with Crippen LogP contribution in [0.2, 0.25) is 26.2 Å². The van der Waals surface area contributed by atoms with Gasteiger partial charge in [-0.1, -0.05) is 214 Å². The molecule has 0 amide bonds. The van der Waals surface area contributed by atoms with Crippen LogP contribution in [0.5, 0.6) is 0 Å². The first-order valence-electron chi connectivity index (χ1n) is 25.3. The van der Waals surface area contributed by atoms with Gasteiger partial charge in [0.05, 0.1) is 0 Å². The van der Waals surface area contributed by atoms with E-state index in [0.717, 1.165) is 11.4 Å². The van der Waals surface area contributed by atoms with Gasteiger partial charge in [-0.3, -0.25) is 0 Å². The predicted molar refractivity (Wildman–Crippen MR) is 316 cm³/mol. The Kier molecular flexibility index (Phi) is 9.54. The van der Waals surface area contributed by atoms with E-state index in [2.05, 4.69) is 279 Å². The second-order valence-corrected chi connectivity index (χ2v) is 29.5. The first-order valence-corrected chi connectivity index (χ1v) is 31.3. The van der Waals surface area contributed by atoms with E-state index in [9.17, 15) is 0 Å². The fourth-order valence-electron chi connectivity index (χ4n) is 12.7. The molecule has 72 heavy (non-hydrogen) atoms. The Morgan fingerprint density at radius 1 is 0.264 bits per heavy atom. The van der Waals surface area contributed by atoms with Crippen LogP contribution in [0.15, 0.2) is 243 Å². The van der Waals surface area contributed by atoms with Crippen molar-refractivity contribution in [2.24, 2.45) is 0 Å². The summed E-state index contributed by atoms with van der Waals surface area (Å²) in [6, 6.07) is 91.8. The van der Waals surface area contributed by atoms with E-state index in [1.54, 1.807) is 0 Å². The van der Waals surface area contributed by atoms with E-state index >= 15 is 0 Å². The van der Waals surface area contributed by atoms with Crippen LogP contribution in [0, 0.1) is 0 Å². The number of para-hydroxylation sites is 4. The number of nitrogens with zero attached hydrogens (tertiary/aromatic N) is 2. The van der Waals surface area contributed by atoms with Gasteiger partial charge in [-0.05, 0) is 152 Å². The summed E-state index contributed by atoms with van der Waals surface area (Å²) < 4.78 is 0. The molecule has 12 aromatic carbocycles. The number of anilines is 6. The van der Waals surface area contributed by atoms with E-state index in [4.69, 9.17) is 0 Å². The van der Waals surface area contributed by atoms with Gasteiger partial charge < -0.3 is 9.80 Å². The van der Waals surface area contributed by atoms with Gasteiger partial charge in [-0.2, -0.15) is 0 Å². The first kappa shape index (κ1) is 42.6. The Bertz CT molecular complexity index is 4100. The van der Waals surface area contributed by atoms with Crippen molar-refractivity contribution in [3.05, 3.63) is 243 Å². The number of rotatable bonds is 5. The molecule has 0 spiro atoms. The van der Waals surface area contributed by atoms with Crippen molar-refractivity contribution >= 4 is 114 Å². The average molecular weight is 953 g/mol. The standard InChI is InChI=1S/C68H52N2Si2/c1-71(2)63-34-13-9-30-59(63)69(60-31-10-14-35-64(60)71)49-39-41-56-57(43-49)67(48-25-17-24-47(42-48)53-28-18-22-45-20-5-7-26-51(45)53)55-40-38-50(44-58(55)68(56)54-29-19-23-46-21-6-8-27-52(46)54)70-61-32-11-15-36-65(61)72(3,4)66-37-16-12-33-62(66)70/h5-44H,1-4H3. The van der Waals surface area contributed by atoms with E-state index in [-0.39, 0.29) is 0 Å². The molecule has 0 fully saturated rings. The summed E-state index contributed by atoms with van der Waals surface area (Å²) >= 11 is 0. The van der Waals surface area contributed by atoms with Crippen LogP contribution in [-0.4, -0.2) is 16.1 Å². The van der Waals surface area contributed by atoms with Crippen molar-refractivity contribution in [1.82, 2.24) is 0 Å². The van der Waals surface area contributed by atoms with Gasteiger partial charge in [0.2, 0.25) is 0 Å². The zero-order valence-corrected chi connectivity index (χ0v) is 43.0. The smallest absolute Gasteiger partial charge is 0.117 e. The lowest BCUT2D eigenvalue weighted by molar-refractivity contribution is 1.29. The normalized spacial score (nSPS) is 14.3. The molecule has 0 aliphatic carbocycles. The van der Waals surface area contributed by atoms with Crippen molar-refractivity contribution in [2.75, 3.05) is 9.80 Å². The summed E-state index contributed by atoms with van der Waals surface area (Å²) in [4.78, 5) is 5.08. The third-order valence-electron chi connectivity index (χ3n) is 16.2. The molecule has 2 aliphatic rings. The fourth-order valence-corrected chi connectivity index (χ4v) is 18.7. The van der Waals surface area contributed by atoms with Gasteiger partial charge in [-0.25, -0.2) is 0 Å². The number of benzene rings is 12. The molecule has 0 radical (unpaired) electrons. The summed E-state index contributed by atoms with van der Waals surface area (Å²) in [6.07, 6.45) is 0. The molecule has 2 heterocycles. The summed E-state index contributed by atoms with van der Waals surface area (Å²) in [5.41, 5.74) is 14.8. The van der Waals surface area contributed by atoms with Gasteiger partial charge in [0.1, 0.15) is 16.1 Å². The maximum absolute atomic E-state index is 2.54. The minimum Gasteiger partial charge on any atom is -0.311 e. The Morgan fingerprint density at radius 2 is 0.639 bits per heavy atom. The Labute approximate surface area is 423 Å². The highest BCUT2D eigenvalue weighted by atomic mass is 28.3. The summed E-state index contributed by atoms with van der Waals surface area (Å²) in [6.45, 7) is 10.0. The highest BCUT2D eigenvalue weighted by molar-refractivity contribution is 7.03. The first-order chi connectivity index (χ1) is 35.3. The minimum atomic E-state index is -2.01. The third kappa shape index (κ3) is 6.32. The highest BCUT2D eigenvalue weighted by Crippen LogP contribution is 2.50. The second-order valence-electron chi connectivity index (χ2n) is 20.8. The number of hydrogen-bond acceptors (Lipinski definition) is 2. The molecule has 2 aliphatic heterocycles.